The number of urea groups is 1. The zero-order valence-electron chi connectivity index (χ0n) is 11.2. The lowest BCUT2D eigenvalue weighted by Gasteiger charge is -2.16. The smallest absolute Gasteiger partial charge is 0.315 e. The first-order valence-corrected chi connectivity index (χ1v) is 6.28. The molecule has 0 bridgehead atoms. The summed E-state index contributed by atoms with van der Waals surface area (Å²) in [5.41, 5.74) is 0.984. The third kappa shape index (κ3) is 4.41. The molecule has 0 aromatic carbocycles. The number of hydrogen-bond acceptors (Lipinski definition) is 3. The zero-order chi connectivity index (χ0) is 13.5. The van der Waals surface area contributed by atoms with Gasteiger partial charge in [0.05, 0.1) is 0 Å². The summed E-state index contributed by atoms with van der Waals surface area (Å²) in [6.45, 7) is 6.26. The van der Waals surface area contributed by atoms with E-state index in [4.69, 9.17) is 9.52 Å². The van der Waals surface area contributed by atoms with E-state index in [9.17, 15) is 4.79 Å². The molecular weight excluding hydrogens is 232 g/mol. The normalized spacial score (nSPS) is 12.2. The van der Waals surface area contributed by atoms with E-state index in [-0.39, 0.29) is 18.7 Å². The highest BCUT2D eigenvalue weighted by Gasteiger charge is 2.10. The van der Waals surface area contributed by atoms with E-state index in [1.54, 1.807) is 0 Å². The first kappa shape index (κ1) is 14.6. The Labute approximate surface area is 108 Å². The minimum absolute atomic E-state index is 0.0159. The van der Waals surface area contributed by atoms with E-state index < -0.39 is 0 Å². The van der Waals surface area contributed by atoms with Crippen LogP contribution in [0.1, 0.15) is 36.8 Å². The molecule has 5 heteroatoms. The van der Waals surface area contributed by atoms with Crippen molar-refractivity contribution in [2.24, 2.45) is 0 Å². The largest absolute Gasteiger partial charge is 0.466 e. The molecule has 1 aromatic rings. The summed E-state index contributed by atoms with van der Waals surface area (Å²) in [6.07, 6.45) is 1.38. The number of hydrogen-bond donors (Lipinski definition) is 3. The third-order valence-corrected chi connectivity index (χ3v) is 2.89. The second kappa shape index (κ2) is 7.06. The molecule has 5 nitrogen and oxygen atoms in total. The minimum Gasteiger partial charge on any atom is -0.466 e. The number of aryl methyl sites for hydroxylation is 2. The van der Waals surface area contributed by atoms with Crippen LogP contribution in [-0.4, -0.2) is 23.8 Å². The molecule has 18 heavy (non-hydrogen) atoms. The van der Waals surface area contributed by atoms with Crippen LogP contribution in [0.25, 0.3) is 0 Å². The maximum Gasteiger partial charge on any atom is 0.315 e. The van der Waals surface area contributed by atoms with Crippen molar-refractivity contribution >= 4 is 6.03 Å². The van der Waals surface area contributed by atoms with Crippen LogP contribution in [0.2, 0.25) is 0 Å². The number of aliphatic hydroxyl groups excluding tert-OH is 1. The quantitative estimate of drug-likeness (QED) is 0.725. The van der Waals surface area contributed by atoms with Crippen LogP contribution in [0, 0.1) is 13.8 Å². The molecule has 0 aliphatic carbocycles. The van der Waals surface area contributed by atoms with Crippen LogP contribution in [-0.2, 0) is 6.54 Å². The second-order valence-corrected chi connectivity index (χ2v) is 4.38. The molecule has 0 spiro atoms. The van der Waals surface area contributed by atoms with Gasteiger partial charge in [0.25, 0.3) is 0 Å². The maximum atomic E-state index is 11.6. The Hall–Kier alpha value is -1.49. The number of carbonyl (C=O) groups is 1. The van der Waals surface area contributed by atoms with Crippen molar-refractivity contribution in [2.75, 3.05) is 6.61 Å². The Morgan fingerprint density at radius 1 is 1.50 bits per heavy atom. The molecule has 102 valence electrons. The lowest BCUT2D eigenvalue weighted by molar-refractivity contribution is 0.227. The van der Waals surface area contributed by atoms with Gasteiger partial charge in [-0.3, -0.25) is 0 Å². The Balaban J connectivity index is 2.39. The van der Waals surface area contributed by atoms with E-state index >= 15 is 0 Å². The maximum absolute atomic E-state index is 11.6. The van der Waals surface area contributed by atoms with Crippen LogP contribution in [0.3, 0.4) is 0 Å². The predicted molar refractivity (Wildman–Crippen MR) is 69.3 cm³/mol. The Morgan fingerprint density at radius 3 is 2.72 bits per heavy atom. The summed E-state index contributed by atoms with van der Waals surface area (Å²) in [6, 6.07) is 1.72. The molecular formula is C13H22N2O3. The molecule has 0 aliphatic rings. The fraction of sp³-hybridized carbons (Fsp3) is 0.615. The fourth-order valence-corrected chi connectivity index (χ4v) is 1.81. The molecule has 1 unspecified atom stereocenters. The molecule has 0 radical (unpaired) electrons. The van der Waals surface area contributed by atoms with Crippen molar-refractivity contribution in [3.8, 4) is 0 Å². The summed E-state index contributed by atoms with van der Waals surface area (Å²) >= 11 is 0. The molecule has 3 N–H and O–H groups in total. The van der Waals surface area contributed by atoms with Gasteiger partial charge < -0.3 is 20.2 Å². The van der Waals surface area contributed by atoms with E-state index in [1.165, 1.54) is 0 Å². The number of rotatable bonds is 6. The lowest BCUT2D eigenvalue weighted by Crippen LogP contribution is -2.41. The van der Waals surface area contributed by atoms with Gasteiger partial charge in [-0.25, -0.2) is 4.79 Å². The van der Waals surface area contributed by atoms with Gasteiger partial charge in [0.2, 0.25) is 0 Å². The lowest BCUT2D eigenvalue weighted by atomic mass is 10.2. The molecule has 1 atom stereocenters. The average molecular weight is 254 g/mol. The van der Waals surface area contributed by atoms with Crippen LogP contribution >= 0.6 is 0 Å². The molecule has 1 heterocycles. The van der Waals surface area contributed by atoms with Gasteiger partial charge in [-0.05, 0) is 32.8 Å². The zero-order valence-corrected chi connectivity index (χ0v) is 11.2. The standard InChI is InChI=1S/C13H22N2O3/c1-4-12(5-6-16)15-13(17)14-8-11-7-9(2)18-10(11)3/h7,12,16H,4-6,8H2,1-3H3,(H2,14,15,17). The van der Waals surface area contributed by atoms with Crippen LogP contribution in [0.4, 0.5) is 4.79 Å². The molecule has 0 saturated heterocycles. The molecule has 2 amide bonds. The van der Waals surface area contributed by atoms with Gasteiger partial charge in [-0.15, -0.1) is 0 Å². The monoisotopic (exact) mass is 254 g/mol. The Bertz CT molecular complexity index is 388. The van der Waals surface area contributed by atoms with Gasteiger partial charge in [-0.1, -0.05) is 6.92 Å². The van der Waals surface area contributed by atoms with Gasteiger partial charge >= 0.3 is 6.03 Å². The van der Waals surface area contributed by atoms with Crippen molar-refractivity contribution in [1.29, 1.82) is 0 Å². The highest BCUT2D eigenvalue weighted by Crippen LogP contribution is 2.12. The molecule has 0 fully saturated rings. The number of aliphatic hydroxyl groups is 1. The van der Waals surface area contributed by atoms with Gasteiger partial charge in [0, 0.05) is 24.8 Å². The highest BCUT2D eigenvalue weighted by molar-refractivity contribution is 5.74. The number of carbonyl (C=O) groups excluding carboxylic acids is 1. The van der Waals surface area contributed by atoms with Crippen molar-refractivity contribution in [2.45, 2.75) is 46.2 Å². The van der Waals surface area contributed by atoms with Crippen LogP contribution in [0.15, 0.2) is 10.5 Å². The van der Waals surface area contributed by atoms with E-state index in [1.807, 2.05) is 26.8 Å². The summed E-state index contributed by atoms with van der Waals surface area (Å²) in [5, 5.41) is 14.5. The molecule has 0 aliphatic heterocycles. The topological polar surface area (TPSA) is 74.5 Å². The van der Waals surface area contributed by atoms with Crippen molar-refractivity contribution in [3.05, 3.63) is 23.2 Å². The summed E-state index contributed by atoms with van der Waals surface area (Å²) < 4.78 is 5.38. The Morgan fingerprint density at radius 2 is 2.22 bits per heavy atom. The first-order chi connectivity index (χ1) is 8.56. The van der Waals surface area contributed by atoms with Crippen molar-refractivity contribution < 1.29 is 14.3 Å². The van der Waals surface area contributed by atoms with Gasteiger partial charge in [0.15, 0.2) is 0 Å². The van der Waals surface area contributed by atoms with Crippen molar-refractivity contribution in [1.82, 2.24) is 10.6 Å². The first-order valence-electron chi connectivity index (χ1n) is 6.28. The molecule has 1 aromatic heterocycles. The Kier molecular flexibility index (Phi) is 5.71. The molecule has 0 saturated carbocycles. The summed E-state index contributed by atoms with van der Waals surface area (Å²) in [7, 11) is 0. The average Bonchev–Trinajstić information content (AvgIpc) is 2.64. The van der Waals surface area contributed by atoms with E-state index in [0.717, 1.165) is 23.5 Å². The SMILES string of the molecule is CCC(CCO)NC(=O)NCc1cc(C)oc1C. The summed E-state index contributed by atoms with van der Waals surface area (Å²) in [5.74, 6) is 1.67. The minimum atomic E-state index is -0.214. The molecule has 1 rings (SSSR count). The highest BCUT2D eigenvalue weighted by atomic mass is 16.3. The number of furan rings is 1. The fourth-order valence-electron chi connectivity index (χ4n) is 1.81. The van der Waals surface area contributed by atoms with Crippen molar-refractivity contribution in [3.63, 3.8) is 0 Å². The third-order valence-electron chi connectivity index (χ3n) is 2.89. The van der Waals surface area contributed by atoms with Gasteiger partial charge in [0.1, 0.15) is 11.5 Å². The van der Waals surface area contributed by atoms with Crippen LogP contribution < -0.4 is 10.6 Å². The number of nitrogens with one attached hydrogen (secondary N) is 2. The van der Waals surface area contributed by atoms with E-state index in [2.05, 4.69) is 10.6 Å². The number of amides is 2. The van der Waals surface area contributed by atoms with Gasteiger partial charge in [-0.2, -0.15) is 0 Å². The predicted octanol–water partition coefficient (Wildman–Crippen LogP) is 1.86. The van der Waals surface area contributed by atoms with Crippen LogP contribution in [0.5, 0.6) is 0 Å². The second-order valence-electron chi connectivity index (χ2n) is 4.38. The summed E-state index contributed by atoms with van der Waals surface area (Å²) in [4.78, 5) is 11.6. The van der Waals surface area contributed by atoms with E-state index in [0.29, 0.717) is 13.0 Å².